The highest BCUT2D eigenvalue weighted by molar-refractivity contribution is 8.19. The van der Waals surface area contributed by atoms with Crippen LogP contribution in [0.3, 0.4) is 0 Å². The van der Waals surface area contributed by atoms with Gasteiger partial charge in [0.15, 0.2) is 0 Å². The van der Waals surface area contributed by atoms with Crippen molar-refractivity contribution in [2.24, 2.45) is 0 Å². The lowest BCUT2D eigenvalue weighted by molar-refractivity contribution is -0.113. The Hall–Kier alpha value is -1.98. The molecular formula is C18H15NO2S2. The van der Waals surface area contributed by atoms with Gasteiger partial charge < -0.3 is 0 Å². The van der Waals surface area contributed by atoms with Gasteiger partial charge >= 0.3 is 0 Å². The monoisotopic (exact) mass is 341 g/mol. The maximum absolute atomic E-state index is 12.6. The Balaban J connectivity index is 1.91. The second-order valence-corrected chi connectivity index (χ2v) is 7.00. The molecule has 2 aromatic rings. The smallest absolute Gasteiger partial charge is 0.268 e. The number of thioether (sulfide) groups is 2. The minimum atomic E-state index is -0.265. The summed E-state index contributed by atoms with van der Waals surface area (Å²) >= 11 is 2.56. The normalized spacial score (nSPS) is 16.4. The second-order valence-electron chi connectivity index (χ2n) is 5.13. The Morgan fingerprint density at radius 3 is 2.52 bits per heavy atom. The van der Waals surface area contributed by atoms with Crippen molar-refractivity contribution in [3.05, 3.63) is 64.6 Å². The van der Waals surface area contributed by atoms with Crippen LogP contribution in [0.15, 0.2) is 58.3 Å². The molecule has 3 nitrogen and oxygen atoms in total. The molecule has 1 aliphatic heterocycles. The SMILES string of the molecule is CSc1cccc(N2C(=O)S/C(=C\c3ccc(C)cc3)C2=O)c1. The Kier molecular flexibility index (Phi) is 4.59. The number of carbonyl (C=O) groups excluding carboxylic acids is 2. The van der Waals surface area contributed by atoms with Crippen LogP contribution in [0.5, 0.6) is 0 Å². The van der Waals surface area contributed by atoms with Crippen LogP contribution in [-0.2, 0) is 4.79 Å². The summed E-state index contributed by atoms with van der Waals surface area (Å²) < 4.78 is 0. The van der Waals surface area contributed by atoms with Gasteiger partial charge in [-0.2, -0.15) is 0 Å². The van der Waals surface area contributed by atoms with Gasteiger partial charge in [-0.1, -0.05) is 35.9 Å². The van der Waals surface area contributed by atoms with Crippen molar-refractivity contribution in [3.8, 4) is 0 Å². The van der Waals surface area contributed by atoms with Gasteiger partial charge in [-0.15, -0.1) is 11.8 Å². The van der Waals surface area contributed by atoms with Crippen LogP contribution in [0.1, 0.15) is 11.1 Å². The fraction of sp³-hybridized carbons (Fsp3) is 0.111. The number of nitrogens with zero attached hydrogens (tertiary/aromatic N) is 1. The van der Waals surface area contributed by atoms with Crippen molar-refractivity contribution in [1.29, 1.82) is 0 Å². The molecule has 0 aliphatic carbocycles. The van der Waals surface area contributed by atoms with E-state index < -0.39 is 0 Å². The Bertz CT molecular complexity index is 797. The van der Waals surface area contributed by atoms with Crippen molar-refractivity contribution in [2.75, 3.05) is 11.2 Å². The zero-order chi connectivity index (χ0) is 16.4. The number of hydrogen-bond acceptors (Lipinski definition) is 4. The van der Waals surface area contributed by atoms with Gasteiger partial charge in [-0.25, -0.2) is 4.90 Å². The van der Waals surface area contributed by atoms with Crippen molar-refractivity contribution in [2.45, 2.75) is 11.8 Å². The molecule has 0 bridgehead atoms. The number of benzene rings is 2. The van der Waals surface area contributed by atoms with Crippen LogP contribution in [0.25, 0.3) is 6.08 Å². The Morgan fingerprint density at radius 2 is 1.83 bits per heavy atom. The summed E-state index contributed by atoms with van der Waals surface area (Å²) in [4.78, 5) is 27.6. The second kappa shape index (κ2) is 6.64. The van der Waals surface area contributed by atoms with E-state index in [0.717, 1.165) is 27.8 Å². The molecule has 3 rings (SSSR count). The molecule has 1 saturated heterocycles. The first-order valence-electron chi connectivity index (χ1n) is 7.07. The van der Waals surface area contributed by atoms with Crippen LogP contribution in [-0.4, -0.2) is 17.4 Å². The molecule has 0 radical (unpaired) electrons. The summed E-state index contributed by atoms with van der Waals surface area (Å²) in [7, 11) is 0. The lowest BCUT2D eigenvalue weighted by Gasteiger charge is -2.13. The fourth-order valence-corrected chi connectivity index (χ4v) is 3.55. The van der Waals surface area contributed by atoms with Gasteiger partial charge in [0.1, 0.15) is 0 Å². The van der Waals surface area contributed by atoms with Crippen molar-refractivity contribution < 1.29 is 9.59 Å². The van der Waals surface area contributed by atoms with Gasteiger partial charge in [0.2, 0.25) is 0 Å². The number of imide groups is 1. The fourth-order valence-electron chi connectivity index (χ4n) is 2.25. The predicted octanol–water partition coefficient (Wildman–Crippen LogP) is 4.96. The summed E-state index contributed by atoms with van der Waals surface area (Å²) in [5.41, 5.74) is 2.69. The molecule has 0 saturated carbocycles. The van der Waals surface area contributed by atoms with E-state index in [4.69, 9.17) is 0 Å². The number of rotatable bonds is 3. The maximum atomic E-state index is 12.6. The number of anilines is 1. The molecule has 0 N–H and O–H groups in total. The van der Waals surface area contributed by atoms with Crippen LogP contribution in [0.4, 0.5) is 10.5 Å². The number of carbonyl (C=O) groups is 2. The number of amides is 2. The first-order chi connectivity index (χ1) is 11.1. The summed E-state index contributed by atoms with van der Waals surface area (Å²) in [6.07, 6.45) is 3.73. The van der Waals surface area contributed by atoms with Crippen molar-refractivity contribution in [1.82, 2.24) is 0 Å². The lowest BCUT2D eigenvalue weighted by atomic mass is 10.1. The third kappa shape index (κ3) is 3.35. The molecule has 0 atom stereocenters. The standard InChI is InChI=1S/C18H15NO2S2/c1-12-6-8-13(9-7-12)10-16-17(20)19(18(21)23-16)14-4-3-5-15(11-14)22-2/h3-11H,1-2H3/b16-10-. The predicted molar refractivity (Wildman–Crippen MR) is 97.9 cm³/mol. The summed E-state index contributed by atoms with van der Waals surface area (Å²) in [5, 5.41) is -0.258. The molecule has 5 heteroatoms. The molecule has 0 unspecified atom stereocenters. The highest BCUT2D eigenvalue weighted by Gasteiger charge is 2.36. The average molecular weight is 341 g/mol. The van der Waals surface area contributed by atoms with Gasteiger partial charge in [-0.05, 0) is 54.8 Å². The highest BCUT2D eigenvalue weighted by Crippen LogP contribution is 2.36. The zero-order valence-electron chi connectivity index (χ0n) is 12.8. The number of hydrogen-bond donors (Lipinski definition) is 0. The molecule has 0 aromatic heterocycles. The third-order valence-electron chi connectivity index (χ3n) is 3.48. The van der Waals surface area contributed by atoms with E-state index in [-0.39, 0.29) is 11.1 Å². The van der Waals surface area contributed by atoms with E-state index >= 15 is 0 Å². The van der Waals surface area contributed by atoms with Crippen molar-refractivity contribution in [3.63, 3.8) is 0 Å². The van der Waals surface area contributed by atoms with Crippen molar-refractivity contribution >= 4 is 46.4 Å². The largest absolute Gasteiger partial charge is 0.298 e. The van der Waals surface area contributed by atoms with Crippen LogP contribution >= 0.6 is 23.5 Å². The average Bonchev–Trinajstić information content (AvgIpc) is 2.83. The van der Waals surface area contributed by atoms with Gasteiger partial charge in [0.25, 0.3) is 11.1 Å². The minimum absolute atomic E-state index is 0.258. The number of aryl methyl sites for hydroxylation is 1. The Labute approximate surface area is 143 Å². The Morgan fingerprint density at radius 1 is 1.09 bits per heavy atom. The molecule has 23 heavy (non-hydrogen) atoms. The van der Waals surface area contributed by atoms with E-state index in [9.17, 15) is 9.59 Å². The molecule has 1 aliphatic rings. The molecular weight excluding hydrogens is 326 g/mol. The summed E-state index contributed by atoms with van der Waals surface area (Å²) in [6.45, 7) is 2.01. The summed E-state index contributed by atoms with van der Waals surface area (Å²) in [5.74, 6) is -0.265. The van der Waals surface area contributed by atoms with Crippen LogP contribution in [0.2, 0.25) is 0 Å². The van der Waals surface area contributed by atoms with Crippen LogP contribution < -0.4 is 4.90 Å². The van der Waals surface area contributed by atoms with E-state index in [0.29, 0.717) is 10.6 Å². The molecule has 1 heterocycles. The van der Waals surface area contributed by atoms with E-state index in [2.05, 4.69) is 0 Å². The quantitative estimate of drug-likeness (QED) is 0.584. The molecule has 0 spiro atoms. The minimum Gasteiger partial charge on any atom is -0.268 e. The van der Waals surface area contributed by atoms with E-state index in [1.807, 2.05) is 55.6 Å². The highest BCUT2D eigenvalue weighted by atomic mass is 32.2. The van der Waals surface area contributed by atoms with E-state index in [1.54, 1.807) is 23.9 Å². The first-order valence-corrected chi connectivity index (χ1v) is 9.11. The van der Waals surface area contributed by atoms with Gasteiger partial charge in [0.05, 0.1) is 10.6 Å². The molecule has 2 amide bonds. The molecule has 2 aromatic carbocycles. The zero-order valence-corrected chi connectivity index (χ0v) is 14.4. The summed E-state index contributed by atoms with van der Waals surface area (Å²) in [6, 6.07) is 15.3. The third-order valence-corrected chi connectivity index (χ3v) is 5.08. The maximum Gasteiger partial charge on any atom is 0.298 e. The molecule has 116 valence electrons. The lowest BCUT2D eigenvalue weighted by Crippen LogP contribution is -2.27. The van der Waals surface area contributed by atoms with Crippen LogP contribution in [0, 0.1) is 6.92 Å². The van der Waals surface area contributed by atoms with E-state index in [1.165, 1.54) is 4.90 Å². The van der Waals surface area contributed by atoms with Gasteiger partial charge in [0, 0.05) is 4.90 Å². The first kappa shape index (κ1) is 15.9. The topological polar surface area (TPSA) is 37.4 Å². The molecule has 1 fully saturated rings. The van der Waals surface area contributed by atoms with Gasteiger partial charge in [-0.3, -0.25) is 9.59 Å².